The second-order valence-corrected chi connectivity index (χ2v) is 17.4. The number of amides is 4. The summed E-state index contributed by atoms with van der Waals surface area (Å²) < 4.78 is 3.67. The number of carbonyl (C=O) groups is 4. The van der Waals surface area contributed by atoms with Crippen LogP contribution in [0.25, 0.3) is 11.4 Å². The number of fused-ring (bicyclic) bond motifs is 2. The monoisotopic (exact) mass is 911 g/mol. The molecule has 352 valence electrons. The Morgan fingerprint density at radius 2 is 1.33 bits per heavy atom. The van der Waals surface area contributed by atoms with E-state index in [0.717, 1.165) is 34.2 Å². The molecule has 1 aliphatic carbocycles. The predicted molar refractivity (Wildman–Crippen MR) is 258 cm³/mol. The number of para-hydroxylation sites is 3. The number of hydrogen-bond donors (Lipinski definition) is 5. The molecule has 3 heterocycles. The lowest BCUT2D eigenvalue weighted by molar-refractivity contribution is -0.137. The number of carbonyl (C=O) groups excluding carboxylic acids is 4. The van der Waals surface area contributed by atoms with E-state index in [1.807, 2.05) is 65.6 Å². The number of rotatable bonds is 16. The lowest BCUT2D eigenvalue weighted by atomic mass is 9.78. The third-order valence-corrected chi connectivity index (χ3v) is 13.0. The molecular formula is C50H61N11O6. The third-order valence-electron chi connectivity index (χ3n) is 13.0. The quantitative estimate of drug-likeness (QED) is 0.0549. The molecule has 3 aliphatic rings. The van der Waals surface area contributed by atoms with Gasteiger partial charge in [-0.3, -0.25) is 29.1 Å². The van der Waals surface area contributed by atoms with Crippen molar-refractivity contribution in [3.8, 4) is 11.4 Å². The molecule has 4 amide bonds. The van der Waals surface area contributed by atoms with E-state index in [9.17, 15) is 28.8 Å². The zero-order valence-corrected chi connectivity index (χ0v) is 36.9. The number of piperazine rings is 1. The molecule has 0 spiro atoms. The van der Waals surface area contributed by atoms with Gasteiger partial charge in [-0.1, -0.05) is 93.1 Å². The maximum absolute atomic E-state index is 14.1. The van der Waals surface area contributed by atoms with Crippen LogP contribution in [0.4, 0.5) is 5.69 Å². The summed E-state index contributed by atoms with van der Waals surface area (Å²) in [4.78, 5) is 91.0. The van der Waals surface area contributed by atoms with E-state index >= 15 is 0 Å². The molecule has 17 nitrogen and oxygen atoms in total. The van der Waals surface area contributed by atoms with E-state index in [1.165, 1.54) is 9.36 Å². The minimum atomic E-state index is -0.967. The maximum Gasteiger partial charge on any atom is 0.352 e. The Bertz CT molecular complexity index is 2620. The van der Waals surface area contributed by atoms with Gasteiger partial charge in [0.15, 0.2) is 5.96 Å². The van der Waals surface area contributed by atoms with E-state index < -0.39 is 28.7 Å². The van der Waals surface area contributed by atoms with E-state index in [1.54, 1.807) is 48.5 Å². The van der Waals surface area contributed by atoms with Crippen molar-refractivity contribution in [3.05, 3.63) is 147 Å². The maximum atomic E-state index is 14.1. The van der Waals surface area contributed by atoms with Crippen molar-refractivity contribution in [1.82, 2.24) is 34.4 Å². The fourth-order valence-corrected chi connectivity index (χ4v) is 9.78. The average molecular weight is 912 g/mol. The van der Waals surface area contributed by atoms with Gasteiger partial charge in [-0.2, -0.15) is 9.36 Å². The molecular weight excluding hydrogens is 851 g/mol. The van der Waals surface area contributed by atoms with Gasteiger partial charge in [-0.25, -0.2) is 14.2 Å². The number of hydrogen-bond acceptors (Lipinski definition) is 8. The fraction of sp³-hybridized carbons (Fsp3) is 0.380. The van der Waals surface area contributed by atoms with Crippen LogP contribution in [0.5, 0.6) is 0 Å². The van der Waals surface area contributed by atoms with Crippen LogP contribution in [0.1, 0.15) is 86.3 Å². The number of aromatic nitrogens is 3. The molecule has 1 saturated carbocycles. The second kappa shape index (κ2) is 21.4. The summed E-state index contributed by atoms with van der Waals surface area (Å²) in [6, 6.07) is 32.1. The number of nitrogens with zero attached hydrogens (tertiary/aromatic N) is 6. The molecule has 7 N–H and O–H groups in total. The van der Waals surface area contributed by atoms with Crippen LogP contribution >= 0.6 is 0 Å². The number of nitrogens with two attached hydrogens (primary N) is 2. The SMILES string of the molecule is C.NC(N)=NCCCC(NC(=O)CC1(CC(=O)N2CCN(C3c4ccccc4NC(=O)c4ccccc43)CC2)CCCC1)C(=O)NCCn1c(=O)n(-c2ccccc2)n(-c2ccccc2)c1=O. The summed E-state index contributed by atoms with van der Waals surface area (Å²) in [6.07, 6.45) is 4.10. The van der Waals surface area contributed by atoms with Crippen molar-refractivity contribution in [1.29, 1.82) is 0 Å². The first-order chi connectivity index (χ1) is 32.0. The normalized spacial score (nSPS) is 16.9. The Morgan fingerprint density at radius 1 is 0.746 bits per heavy atom. The standard InChI is InChI=1S/C49H57N11O6.CH4/c50-46(51)53-25-13-22-40(45(64)52-26-27-58-47(65)59(34-14-3-1-4-15-34)60(48(58)66)35-16-5-2-6-17-35)54-41(61)32-49(23-11-12-24-49)33-42(62)56-28-30-57(31-29-56)43-36-18-7-8-19-37(36)44(63)55-39-21-10-9-20-38(39)43;/h1-10,14-21,40,43H,11-13,22-33H2,(H,52,64)(H,54,61)(H,55,63)(H4,50,51,53);1H4. The van der Waals surface area contributed by atoms with E-state index in [4.69, 9.17) is 11.5 Å². The number of aliphatic imine (C=N–C) groups is 1. The lowest BCUT2D eigenvalue weighted by Crippen LogP contribution is -2.51. The molecule has 67 heavy (non-hydrogen) atoms. The zero-order valence-electron chi connectivity index (χ0n) is 36.9. The third kappa shape index (κ3) is 10.7. The van der Waals surface area contributed by atoms with Crippen molar-refractivity contribution in [2.24, 2.45) is 21.9 Å². The van der Waals surface area contributed by atoms with Gasteiger partial charge in [0.05, 0.1) is 17.4 Å². The average Bonchev–Trinajstić information content (AvgIpc) is 3.84. The highest BCUT2D eigenvalue weighted by atomic mass is 16.2. The van der Waals surface area contributed by atoms with Crippen molar-refractivity contribution < 1.29 is 19.2 Å². The Hall–Kier alpha value is -7.27. The van der Waals surface area contributed by atoms with Gasteiger partial charge >= 0.3 is 11.4 Å². The van der Waals surface area contributed by atoms with Crippen molar-refractivity contribution in [2.75, 3.05) is 44.6 Å². The Kier molecular flexibility index (Phi) is 15.2. The first kappa shape index (κ1) is 47.7. The molecule has 2 atom stereocenters. The summed E-state index contributed by atoms with van der Waals surface area (Å²) in [5.41, 5.74) is 13.7. The highest BCUT2D eigenvalue weighted by molar-refractivity contribution is 6.07. The topological polar surface area (TPSA) is 224 Å². The molecule has 0 bridgehead atoms. The predicted octanol–water partition coefficient (Wildman–Crippen LogP) is 3.92. The van der Waals surface area contributed by atoms with E-state index in [0.29, 0.717) is 62.4 Å². The van der Waals surface area contributed by atoms with E-state index in [2.05, 4.69) is 25.8 Å². The summed E-state index contributed by atoms with van der Waals surface area (Å²) in [5, 5.41) is 8.85. The summed E-state index contributed by atoms with van der Waals surface area (Å²) in [6.45, 7) is 2.27. The van der Waals surface area contributed by atoms with Crippen LogP contribution in [0.3, 0.4) is 0 Å². The highest BCUT2D eigenvalue weighted by Crippen LogP contribution is 2.45. The van der Waals surface area contributed by atoms with Crippen LogP contribution in [0.15, 0.2) is 124 Å². The Labute approximate surface area is 389 Å². The molecule has 2 unspecified atom stereocenters. The number of benzene rings is 4. The number of nitrogens with one attached hydrogen (secondary N) is 3. The van der Waals surface area contributed by atoms with Gasteiger partial charge in [0, 0.05) is 69.9 Å². The Morgan fingerprint density at radius 3 is 1.96 bits per heavy atom. The summed E-state index contributed by atoms with van der Waals surface area (Å²) in [5.74, 6) is -1.06. The van der Waals surface area contributed by atoms with Crippen molar-refractivity contribution in [2.45, 2.75) is 77.4 Å². The van der Waals surface area contributed by atoms with Crippen LogP contribution < -0.4 is 38.8 Å². The Balaban J connectivity index is 0.00000666. The van der Waals surface area contributed by atoms with E-state index in [-0.39, 0.29) is 76.0 Å². The van der Waals surface area contributed by atoms with Crippen LogP contribution in [-0.4, -0.2) is 98.6 Å². The van der Waals surface area contributed by atoms with Gasteiger partial charge in [0.2, 0.25) is 17.7 Å². The minimum absolute atomic E-state index is 0. The first-order valence-electron chi connectivity index (χ1n) is 22.7. The molecule has 17 heteroatoms. The molecule has 5 aromatic rings. The van der Waals surface area contributed by atoms with Gasteiger partial charge in [0.25, 0.3) is 5.91 Å². The number of anilines is 1. The molecule has 0 radical (unpaired) electrons. The lowest BCUT2D eigenvalue weighted by Gasteiger charge is -2.41. The molecule has 2 aliphatic heterocycles. The molecule has 4 aromatic carbocycles. The largest absolute Gasteiger partial charge is 0.370 e. The first-order valence-corrected chi connectivity index (χ1v) is 22.7. The molecule has 1 saturated heterocycles. The number of guanidine groups is 1. The van der Waals surface area contributed by atoms with Crippen LogP contribution in [0, 0.1) is 5.41 Å². The molecule has 1 aromatic heterocycles. The van der Waals surface area contributed by atoms with Gasteiger partial charge in [-0.15, -0.1) is 0 Å². The van der Waals surface area contributed by atoms with Crippen molar-refractivity contribution in [3.63, 3.8) is 0 Å². The van der Waals surface area contributed by atoms with Gasteiger partial charge in [-0.05, 0) is 78.6 Å². The zero-order chi connectivity index (χ0) is 46.2. The van der Waals surface area contributed by atoms with Gasteiger partial charge < -0.3 is 32.3 Å². The highest BCUT2D eigenvalue weighted by Gasteiger charge is 2.41. The van der Waals surface area contributed by atoms with Crippen molar-refractivity contribution >= 4 is 35.3 Å². The van der Waals surface area contributed by atoms with Crippen LogP contribution in [-0.2, 0) is 20.9 Å². The molecule has 8 rings (SSSR count). The smallest absolute Gasteiger partial charge is 0.352 e. The second-order valence-electron chi connectivity index (χ2n) is 17.4. The van der Waals surface area contributed by atoms with Crippen LogP contribution in [0.2, 0.25) is 0 Å². The fourth-order valence-electron chi connectivity index (χ4n) is 9.78. The molecule has 2 fully saturated rings. The summed E-state index contributed by atoms with van der Waals surface area (Å²) in [7, 11) is 0. The summed E-state index contributed by atoms with van der Waals surface area (Å²) >= 11 is 0. The minimum Gasteiger partial charge on any atom is -0.370 e. The van der Waals surface area contributed by atoms with Gasteiger partial charge in [0.1, 0.15) is 6.04 Å².